The van der Waals surface area contributed by atoms with E-state index in [0.29, 0.717) is 5.69 Å². The average molecular weight is 340 g/mol. The number of hydrogen-bond donors (Lipinski definition) is 1. The molecule has 2 rings (SSSR count). The Hall–Kier alpha value is -2.54. The van der Waals surface area contributed by atoms with Gasteiger partial charge in [0.1, 0.15) is 0 Å². The van der Waals surface area contributed by atoms with Crippen LogP contribution in [0.25, 0.3) is 0 Å². The molecule has 0 aliphatic carbocycles. The third-order valence-corrected chi connectivity index (χ3v) is 3.19. The molecule has 0 atom stereocenters. The summed E-state index contributed by atoms with van der Waals surface area (Å²) in [6.07, 6.45) is 1.14. The highest BCUT2D eigenvalue weighted by Gasteiger charge is 2.38. The fraction of sp³-hybridized carbons (Fsp3) is 0.267. The molecule has 8 heteroatoms. The fourth-order valence-electron chi connectivity index (χ4n) is 1.81. The minimum Gasteiger partial charge on any atom is -0.465 e. The number of carbonyl (C=O) groups excluding carboxylic acids is 3. The van der Waals surface area contributed by atoms with E-state index in [9.17, 15) is 14.4 Å². The molecule has 7 nitrogen and oxygen atoms in total. The van der Waals surface area contributed by atoms with E-state index < -0.39 is 23.7 Å². The maximum Gasteiger partial charge on any atom is 0.350 e. The first-order chi connectivity index (χ1) is 10.7. The van der Waals surface area contributed by atoms with E-state index in [4.69, 9.17) is 21.1 Å². The number of halogens is 1. The van der Waals surface area contributed by atoms with Crippen molar-refractivity contribution in [2.24, 2.45) is 0 Å². The second kappa shape index (κ2) is 6.29. The molecule has 1 fully saturated rings. The molecule has 1 aromatic rings. The second-order valence-electron chi connectivity index (χ2n) is 5.07. The fourth-order valence-corrected chi connectivity index (χ4v) is 2.04. The number of hydrogen-bond acceptors (Lipinski definition) is 7. The highest BCUT2D eigenvalue weighted by molar-refractivity contribution is 6.33. The van der Waals surface area contributed by atoms with Crippen LogP contribution in [-0.2, 0) is 23.8 Å². The summed E-state index contributed by atoms with van der Waals surface area (Å²) in [5.74, 6) is -3.44. The lowest BCUT2D eigenvalue weighted by Gasteiger charge is -2.29. The number of anilines is 1. The van der Waals surface area contributed by atoms with Gasteiger partial charge in [0, 0.05) is 20.0 Å². The van der Waals surface area contributed by atoms with Crippen LogP contribution in [-0.4, -0.2) is 30.8 Å². The highest BCUT2D eigenvalue weighted by Crippen LogP contribution is 2.26. The zero-order chi connectivity index (χ0) is 17.2. The number of rotatable bonds is 3. The normalized spacial score (nSPS) is 16.3. The monoisotopic (exact) mass is 339 g/mol. The molecule has 23 heavy (non-hydrogen) atoms. The molecule has 0 bridgehead atoms. The van der Waals surface area contributed by atoms with Gasteiger partial charge in [-0.1, -0.05) is 11.6 Å². The molecule has 1 N–H and O–H groups in total. The maximum atomic E-state index is 11.8. The Morgan fingerprint density at radius 3 is 2.39 bits per heavy atom. The Bertz CT molecular complexity index is 688. The number of nitrogens with one attached hydrogen (secondary N) is 1. The van der Waals surface area contributed by atoms with Gasteiger partial charge < -0.3 is 19.5 Å². The summed E-state index contributed by atoms with van der Waals surface area (Å²) in [5.41, 5.74) is 0.364. The molecule has 1 aliphatic rings. The highest BCUT2D eigenvalue weighted by atomic mass is 35.5. The van der Waals surface area contributed by atoms with Gasteiger partial charge in [-0.3, -0.25) is 0 Å². The van der Waals surface area contributed by atoms with Crippen LogP contribution in [0.15, 0.2) is 30.0 Å². The van der Waals surface area contributed by atoms with Crippen molar-refractivity contribution >= 4 is 35.2 Å². The first-order valence-electron chi connectivity index (χ1n) is 6.55. The lowest BCUT2D eigenvalue weighted by molar-refractivity contribution is -0.222. The van der Waals surface area contributed by atoms with Crippen molar-refractivity contribution in [2.75, 3.05) is 12.4 Å². The minimum absolute atomic E-state index is 0.211. The van der Waals surface area contributed by atoms with Crippen LogP contribution in [0.3, 0.4) is 0 Å². The van der Waals surface area contributed by atoms with Gasteiger partial charge in [-0.25, -0.2) is 14.4 Å². The molecule has 1 aromatic carbocycles. The van der Waals surface area contributed by atoms with Gasteiger partial charge >= 0.3 is 17.9 Å². The van der Waals surface area contributed by atoms with Gasteiger partial charge in [0.25, 0.3) is 5.79 Å². The van der Waals surface area contributed by atoms with Crippen molar-refractivity contribution in [3.05, 3.63) is 40.6 Å². The van der Waals surface area contributed by atoms with Gasteiger partial charge in [0.05, 0.1) is 23.4 Å². The van der Waals surface area contributed by atoms with E-state index in [1.165, 1.54) is 39.2 Å². The number of cyclic esters (lactones) is 2. The van der Waals surface area contributed by atoms with Crippen LogP contribution in [0.2, 0.25) is 5.02 Å². The standard InChI is InChI=1S/C15H14ClNO6/c1-15(2)22-13(19)9(14(20)23-15)7-17-11-5-4-8(6-10(11)16)12(18)21-3/h4-7,17H,1-3H3. The zero-order valence-electron chi connectivity index (χ0n) is 12.6. The molecule has 0 unspecified atom stereocenters. The summed E-state index contributed by atoms with van der Waals surface area (Å²) < 4.78 is 14.5. The third-order valence-electron chi connectivity index (χ3n) is 2.88. The van der Waals surface area contributed by atoms with Crippen LogP contribution in [0, 0.1) is 0 Å². The van der Waals surface area contributed by atoms with Gasteiger partial charge in [0.2, 0.25) is 0 Å². The molecule has 0 aromatic heterocycles. The van der Waals surface area contributed by atoms with Crippen LogP contribution in [0.5, 0.6) is 0 Å². The van der Waals surface area contributed by atoms with E-state index in [1.807, 2.05) is 0 Å². The molecule has 122 valence electrons. The number of methoxy groups -OCH3 is 1. The molecule has 1 saturated heterocycles. The van der Waals surface area contributed by atoms with Crippen molar-refractivity contribution in [1.29, 1.82) is 0 Å². The first-order valence-corrected chi connectivity index (χ1v) is 6.92. The maximum absolute atomic E-state index is 11.8. The average Bonchev–Trinajstić information content (AvgIpc) is 2.45. The summed E-state index contributed by atoms with van der Waals surface area (Å²) in [7, 11) is 1.26. The number of benzene rings is 1. The Labute approximate surface area is 137 Å². The summed E-state index contributed by atoms with van der Waals surface area (Å²) >= 11 is 6.03. The first kappa shape index (κ1) is 16.8. The largest absolute Gasteiger partial charge is 0.465 e. The summed E-state index contributed by atoms with van der Waals surface area (Å²) in [5, 5.41) is 2.92. The predicted octanol–water partition coefficient (Wildman–Crippen LogP) is 2.26. The smallest absolute Gasteiger partial charge is 0.350 e. The Morgan fingerprint density at radius 2 is 1.87 bits per heavy atom. The Kier molecular flexibility index (Phi) is 4.60. The van der Waals surface area contributed by atoms with E-state index in [0.717, 1.165) is 6.20 Å². The summed E-state index contributed by atoms with van der Waals surface area (Å²) in [6.45, 7) is 2.91. The van der Waals surface area contributed by atoms with Crippen molar-refractivity contribution < 1.29 is 28.6 Å². The summed E-state index contributed by atoms with van der Waals surface area (Å²) in [4.78, 5) is 35.0. The van der Waals surface area contributed by atoms with Crippen molar-refractivity contribution in [3.8, 4) is 0 Å². The Morgan fingerprint density at radius 1 is 1.26 bits per heavy atom. The lowest BCUT2D eigenvalue weighted by Crippen LogP contribution is -2.42. The van der Waals surface area contributed by atoms with Crippen molar-refractivity contribution in [3.63, 3.8) is 0 Å². The molecular formula is C15H14ClNO6. The van der Waals surface area contributed by atoms with E-state index >= 15 is 0 Å². The summed E-state index contributed by atoms with van der Waals surface area (Å²) in [6, 6.07) is 4.39. The van der Waals surface area contributed by atoms with E-state index in [-0.39, 0.29) is 16.2 Å². The van der Waals surface area contributed by atoms with E-state index in [1.54, 1.807) is 0 Å². The second-order valence-corrected chi connectivity index (χ2v) is 5.47. The molecule has 0 spiro atoms. The third kappa shape index (κ3) is 3.81. The van der Waals surface area contributed by atoms with Crippen molar-refractivity contribution in [2.45, 2.75) is 19.6 Å². The van der Waals surface area contributed by atoms with Crippen LogP contribution in [0.1, 0.15) is 24.2 Å². The van der Waals surface area contributed by atoms with Gasteiger partial charge in [-0.05, 0) is 18.2 Å². The molecule has 1 heterocycles. The Balaban J connectivity index is 2.18. The quantitative estimate of drug-likeness (QED) is 0.513. The molecule has 0 radical (unpaired) electrons. The number of ether oxygens (including phenoxy) is 3. The molecule has 0 saturated carbocycles. The minimum atomic E-state index is -1.30. The van der Waals surface area contributed by atoms with Crippen LogP contribution < -0.4 is 5.32 Å². The van der Waals surface area contributed by atoms with Gasteiger partial charge in [-0.2, -0.15) is 0 Å². The van der Waals surface area contributed by atoms with Crippen LogP contribution in [0.4, 0.5) is 5.69 Å². The molecule has 0 amide bonds. The molecule has 1 aliphatic heterocycles. The van der Waals surface area contributed by atoms with Gasteiger partial charge in [-0.15, -0.1) is 0 Å². The van der Waals surface area contributed by atoms with Crippen LogP contribution >= 0.6 is 11.6 Å². The SMILES string of the molecule is COC(=O)c1ccc(NC=C2C(=O)OC(C)(C)OC2=O)c(Cl)c1. The van der Waals surface area contributed by atoms with E-state index in [2.05, 4.69) is 10.1 Å². The zero-order valence-corrected chi connectivity index (χ0v) is 13.4. The lowest BCUT2D eigenvalue weighted by atomic mass is 10.2. The van der Waals surface area contributed by atoms with Gasteiger partial charge in [0.15, 0.2) is 5.57 Å². The predicted molar refractivity (Wildman–Crippen MR) is 80.8 cm³/mol. The molecular weight excluding hydrogens is 326 g/mol. The number of esters is 3. The van der Waals surface area contributed by atoms with Crippen molar-refractivity contribution in [1.82, 2.24) is 0 Å². The number of carbonyl (C=O) groups is 3. The topological polar surface area (TPSA) is 90.9 Å².